The largest absolute Gasteiger partial charge is 0.495 e. The van der Waals surface area contributed by atoms with E-state index in [1.54, 1.807) is 25.2 Å². The summed E-state index contributed by atoms with van der Waals surface area (Å²) in [5, 5.41) is 3.10. The minimum atomic E-state index is -3.62. The van der Waals surface area contributed by atoms with Gasteiger partial charge in [-0.1, -0.05) is 18.5 Å². The number of nitrogens with zero attached hydrogens (tertiary/aromatic N) is 2. The van der Waals surface area contributed by atoms with E-state index in [0.717, 1.165) is 12.8 Å². The van der Waals surface area contributed by atoms with Gasteiger partial charge in [-0.25, -0.2) is 8.42 Å². The quantitative estimate of drug-likeness (QED) is 0.796. The highest BCUT2D eigenvalue weighted by Crippen LogP contribution is 2.28. The molecule has 3 rings (SSSR count). The molecule has 0 aliphatic carbocycles. The number of aromatic nitrogens is 1. The van der Waals surface area contributed by atoms with E-state index in [0.29, 0.717) is 35.5 Å². The first-order valence-corrected chi connectivity index (χ1v) is 10.9. The van der Waals surface area contributed by atoms with Crippen LogP contribution in [0.25, 0.3) is 0 Å². The molecule has 1 amide bonds. The molecule has 1 aliphatic rings. The van der Waals surface area contributed by atoms with Gasteiger partial charge in [-0.3, -0.25) is 4.79 Å². The number of amides is 1. The van der Waals surface area contributed by atoms with Gasteiger partial charge in [0.1, 0.15) is 16.3 Å². The molecule has 2 aromatic rings. The van der Waals surface area contributed by atoms with Crippen LogP contribution in [-0.2, 0) is 17.1 Å². The highest BCUT2D eigenvalue weighted by molar-refractivity contribution is 7.89. The second-order valence-electron chi connectivity index (χ2n) is 7.09. The highest BCUT2D eigenvalue weighted by atomic mass is 35.5. The number of carbonyl (C=O) groups excluding carboxylic acids is 1. The zero-order valence-corrected chi connectivity index (χ0v) is 17.7. The zero-order valence-electron chi connectivity index (χ0n) is 16.1. The van der Waals surface area contributed by atoms with Crippen LogP contribution in [0.4, 0.5) is 5.69 Å². The summed E-state index contributed by atoms with van der Waals surface area (Å²) >= 11 is 6.09. The fourth-order valence-electron chi connectivity index (χ4n) is 3.35. The van der Waals surface area contributed by atoms with Crippen molar-refractivity contribution in [2.45, 2.75) is 24.7 Å². The van der Waals surface area contributed by atoms with Crippen LogP contribution in [0, 0.1) is 5.92 Å². The van der Waals surface area contributed by atoms with Gasteiger partial charge in [0, 0.05) is 32.0 Å². The lowest BCUT2D eigenvalue weighted by atomic mass is 10.0. The minimum Gasteiger partial charge on any atom is -0.495 e. The molecule has 1 fully saturated rings. The Kier molecular flexibility index (Phi) is 6.02. The van der Waals surface area contributed by atoms with Crippen LogP contribution < -0.4 is 10.1 Å². The third kappa shape index (κ3) is 4.19. The molecule has 2 heterocycles. The number of hydrogen-bond acceptors (Lipinski definition) is 4. The average Bonchev–Trinajstić information content (AvgIpc) is 3.04. The van der Waals surface area contributed by atoms with E-state index in [4.69, 9.17) is 16.3 Å². The summed E-state index contributed by atoms with van der Waals surface area (Å²) in [6.45, 7) is 3.06. The smallest absolute Gasteiger partial charge is 0.272 e. The summed E-state index contributed by atoms with van der Waals surface area (Å²) in [7, 11) is -0.469. The predicted molar refractivity (Wildman–Crippen MR) is 109 cm³/mol. The molecule has 7 nitrogen and oxygen atoms in total. The number of methoxy groups -OCH3 is 1. The van der Waals surface area contributed by atoms with E-state index in [9.17, 15) is 13.2 Å². The highest BCUT2D eigenvalue weighted by Gasteiger charge is 2.30. The molecule has 0 unspecified atom stereocenters. The van der Waals surface area contributed by atoms with E-state index in [-0.39, 0.29) is 10.6 Å². The molecular weight excluding hydrogens is 402 g/mol. The summed E-state index contributed by atoms with van der Waals surface area (Å²) in [6.07, 6.45) is 3.35. The number of benzene rings is 1. The molecule has 1 saturated heterocycles. The van der Waals surface area contributed by atoms with Crippen molar-refractivity contribution >= 4 is 33.2 Å². The number of anilines is 1. The van der Waals surface area contributed by atoms with Gasteiger partial charge in [0.2, 0.25) is 10.0 Å². The van der Waals surface area contributed by atoms with Gasteiger partial charge in [0.05, 0.1) is 12.1 Å². The number of hydrogen-bond donors (Lipinski definition) is 1. The summed E-state index contributed by atoms with van der Waals surface area (Å²) in [5.41, 5.74) is 0.738. The molecule has 1 aromatic carbocycles. The molecule has 1 N–H and O–H groups in total. The Morgan fingerprint density at radius 1 is 1.32 bits per heavy atom. The second-order valence-corrected chi connectivity index (χ2v) is 9.43. The Bertz CT molecular complexity index is 987. The molecule has 152 valence electrons. The van der Waals surface area contributed by atoms with Gasteiger partial charge in [0.25, 0.3) is 5.91 Å². The third-order valence-electron chi connectivity index (χ3n) is 4.88. The fraction of sp³-hybridized carbons (Fsp3) is 0.421. The molecule has 1 aromatic heterocycles. The van der Waals surface area contributed by atoms with Gasteiger partial charge < -0.3 is 14.6 Å². The number of halogens is 1. The maximum absolute atomic E-state index is 12.9. The van der Waals surface area contributed by atoms with Crippen LogP contribution in [0.3, 0.4) is 0 Å². The first-order chi connectivity index (χ1) is 13.2. The second kappa shape index (κ2) is 8.14. The van der Waals surface area contributed by atoms with Gasteiger partial charge in [0.15, 0.2) is 0 Å². The fourth-order valence-corrected chi connectivity index (χ4v) is 5.28. The number of rotatable bonds is 5. The topological polar surface area (TPSA) is 80.6 Å². The summed E-state index contributed by atoms with van der Waals surface area (Å²) in [6, 6.07) is 6.30. The van der Waals surface area contributed by atoms with Crippen LogP contribution in [0.2, 0.25) is 5.02 Å². The standard InChI is InChI=1S/C19H24ClN3O4S/c1-13-5-4-8-23(11-13)28(25,26)15-10-17(22(2)12-15)19(24)21-14-6-7-18(27-3)16(20)9-14/h6-7,9-10,12-13H,4-5,8,11H2,1-3H3,(H,21,24)/t13-/m1/s1. The predicted octanol–water partition coefficient (Wildman–Crippen LogP) is 3.36. The lowest BCUT2D eigenvalue weighted by Crippen LogP contribution is -2.38. The molecule has 0 radical (unpaired) electrons. The Balaban J connectivity index is 1.81. The Labute approximate surface area is 170 Å². The Hall–Kier alpha value is -2.03. The monoisotopic (exact) mass is 425 g/mol. The zero-order chi connectivity index (χ0) is 20.5. The first-order valence-electron chi connectivity index (χ1n) is 9.03. The van der Waals surface area contributed by atoms with Crippen molar-refractivity contribution < 1.29 is 17.9 Å². The molecule has 0 saturated carbocycles. The maximum Gasteiger partial charge on any atom is 0.272 e. The van der Waals surface area contributed by atoms with Gasteiger partial charge in [-0.05, 0) is 43.0 Å². The van der Waals surface area contributed by atoms with E-state index < -0.39 is 15.9 Å². The van der Waals surface area contributed by atoms with Gasteiger partial charge in [-0.15, -0.1) is 0 Å². The van der Waals surface area contributed by atoms with Crippen molar-refractivity contribution in [3.63, 3.8) is 0 Å². The van der Waals surface area contributed by atoms with Crippen molar-refractivity contribution in [1.29, 1.82) is 0 Å². The van der Waals surface area contributed by atoms with Gasteiger partial charge in [-0.2, -0.15) is 4.31 Å². The third-order valence-corrected chi connectivity index (χ3v) is 7.01. The van der Waals surface area contributed by atoms with Crippen molar-refractivity contribution in [2.75, 3.05) is 25.5 Å². The lowest BCUT2D eigenvalue weighted by molar-refractivity contribution is 0.101. The van der Waals surface area contributed by atoms with Crippen molar-refractivity contribution in [3.05, 3.63) is 41.2 Å². The molecule has 1 atom stereocenters. The molecule has 0 spiro atoms. The van der Waals surface area contributed by atoms with E-state index in [1.807, 2.05) is 6.92 Å². The van der Waals surface area contributed by atoms with Crippen LogP contribution in [0.5, 0.6) is 5.75 Å². The van der Waals surface area contributed by atoms with Gasteiger partial charge >= 0.3 is 0 Å². The van der Waals surface area contributed by atoms with Crippen molar-refractivity contribution in [2.24, 2.45) is 13.0 Å². The van der Waals surface area contributed by atoms with Crippen LogP contribution in [-0.4, -0.2) is 43.4 Å². The lowest BCUT2D eigenvalue weighted by Gasteiger charge is -2.29. The molecule has 1 aliphatic heterocycles. The average molecular weight is 426 g/mol. The maximum atomic E-state index is 12.9. The first kappa shape index (κ1) is 20.7. The van der Waals surface area contributed by atoms with Crippen LogP contribution in [0.1, 0.15) is 30.3 Å². The molecule has 28 heavy (non-hydrogen) atoms. The number of ether oxygens (including phenoxy) is 1. The summed E-state index contributed by atoms with van der Waals surface area (Å²) in [4.78, 5) is 12.8. The van der Waals surface area contributed by atoms with Crippen molar-refractivity contribution in [1.82, 2.24) is 8.87 Å². The molecule has 9 heteroatoms. The molecule has 0 bridgehead atoms. The molecular formula is C19H24ClN3O4S. The SMILES string of the molecule is COc1ccc(NC(=O)c2cc(S(=O)(=O)N3CCC[C@@H](C)C3)cn2C)cc1Cl. The van der Waals surface area contributed by atoms with Crippen LogP contribution in [0.15, 0.2) is 35.4 Å². The number of nitrogens with one attached hydrogen (secondary N) is 1. The normalized spacial score (nSPS) is 18.1. The Morgan fingerprint density at radius 2 is 2.07 bits per heavy atom. The van der Waals surface area contributed by atoms with E-state index >= 15 is 0 Å². The number of sulfonamides is 1. The summed E-state index contributed by atoms with van der Waals surface area (Å²) in [5.74, 6) is 0.412. The van der Waals surface area contributed by atoms with E-state index in [2.05, 4.69) is 5.32 Å². The number of carbonyl (C=O) groups is 1. The number of aryl methyl sites for hydroxylation is 1. The van der Waals surface area contributed by atoms with Crippen LogP contribution >= 0.6 is 11.6 Å². The van der Waals surface area contributed by atoms with E-state index in [1.165, 1.54) is 28.2 Å². The Morgan fingerprint density at radius 3 is 2.71 bits per heavy atom. The number of piperidine rings is 1. The minimum absolute atomic E-state index is 0.127. The van der Waals surface area contributed by atoms with Crippen molar-refractivity contribution in [3.8, 4) is 5.75 Å². The summed E-state index contributed by atoms with van der Waals surface area (Å²) < 4.78 is 34.0.